The monoisotopic (exact) mass is 387 g/mol. The number of carbonyl (C=O) groups excluding carboxylic acids is 1. The van der Waals surface area contributed by atoms with E-state index in [1.165, 1.54) is 0 Å². The molecular formula is C19H22ClN5O2. The van der Waals surface area contributed by atoms with Gasteiger partial charge in [0.25, 0.3) is 0 Å². The maximum atomic E-state index is 12.6. The molecule has 1 N–H and O–H groups in total. The Hall–Kier alpha value is -2.41. The van der Waals surface area contributed by atoms with E-state index < -0.39 is 0 Å². The Morgan fingerprint density at radius 3 is 3.11 bits per heavy atom. The van der Waals surface area contributed by atoms with Gasteiger partial charge in [-0.15, -0.1) is 0 Å². The highest BCUT2D eigenvalue weighted by atomic mass is 35.5. The molecule has 0 radical (unpaired) electrons. The number of benzene rings is 1. The fourth-order valence-electron chi connectivity index (χ4n) is 3.68. The maximum Gasteiger partial charge on any atom is 0.227 e. The van der Waals surface area contributed by atoms with Crippen molar-refractivity contribution in [1.82, 2.24) is 25.0 Å². The summed E-state index contributed by atoms with van der Waals surface area (Å²) in [7, 11) is 0. The number of piperidine rings is 1. The fourth-order valence-corrected chi connectivity index (χ4v) is 3.85. The highest BCUT2D eigenvalue weighted by Gasteiger charge is 2.25. The second-order valence-electron chi connectivity index (χ2n) is 7.13. The van der Waals surface area contributed by atoms with Gasteiger partial charge in [0.1, 0.15) is 5.82 Å². The first-order valence-electron chi connectivity index (χ1n) is 9.28. The molecule has 7 nitrogen and oxygen atoms in total. The number of aromatic nitrogens is 4. The third-order valence-electron chi connectivity index (χ3n) is 4.97. The lowest BCUT2D eigenvalue weighted by molar-refractivity contribution is -0.133. The van der Waals surface area contributed by atoms with Crippen molar-refractivity contribution in [3.63, 3.8) is 0 Å². The van der Waals surface area contributed by atoms with E-state index in [-0.39, 0.29) is 5.91 Å². The zero-order chi connectivity index (χ0) is 18.8. The van der Waals surface area contributed by atoms with Gasteiger partial charge in [-0.25, -0.2) is 4.98 Å². The summed E-state index contributed by atoms with van der Waals surface area (Å²) in [5.41, 5.74) is 1.88. The zero-order valence-electron chi connectivity index (χ0n) is 15.2. The number of aryl methyl sites for hydroxylation is 2. The Morgan fingerprint density at radius 1 is 1.41 bits per heavy atom. The summed E-state index contributed by atoms with van der Waals surface area (Å²) < 4.78 is 5.09. The molecule has 0 bridgehead atoms. The van der Waals surface area contributed by atoms with E-state index in [1.54, 1.807) is 6.92 Å². The topological polar surface area (TPSA) is 87.9 Å². The number of fused-ring (bicyclic) bond motifs is 1. The SMILES string of the molecule is Cc1noc(CCC(=O)N2CCCC(Cc3nc4ccc(Cl)cc4[nH]3)C2)n1. The molecule has 4 rings (SSSR count). The summed E-state index contributed by atoms with van der Waals surface area (Å²) in [5.74, 6) is 2.63. The van der Waals surface area contributed by atoms with Crippen LogP contribution in [0.2, 0.25) is 5.02 Å². The quantitative estimate of drug-likeness (QED) is 0.725. The molecule has 1 unspecified atom stereocenters. The standard InChI is InChI=1S/C19H22ClN5O2/c1-12-21-18(27-24-12)6-7-19(26)25-8-2-3-13(11-25)9-17-22-15-5-4-14(20)10-16(15)23-17/h4-5,10,13H,2-3,6-9,11H2,1H3,(H,22,23). The first-order valence-corrected chi connectivity index (χ1v) is 9.66. The number of hydrogen-bond donors (Lipinski definition) is 1. The predicted octanol–water partition coefficient (Wildman–Crippen LogP) is 3.32. The van der Waals surface area contributed by atoms with Crippen molar-refractivity contribution < 1.29 is 9.32 Å². The molecule has 0 saturated carbocycles. The molecule has 0 spiro atoms. The van der Waals surface area contributed by atoms with Gasteiger partial charge in [0.2, 0.25) is 11.8 Å². The molecule has 1 fully saturated rings. The Morgan fingerprint density at radius 2 is 2.30 bits per heavy atom. The number of amides is 1. The molecule has 1 saturated heterocycles. The molecule has 142 valence electrons. The number of nitrogens with zero attached hydrogens (tertiary/aromatic N) is 4. The van der Waals surface area contributed by atoms with E-state index in [0.717, 1.165) is 49.2 Å². The number of halogens is 1. The van der Waals surface area contributed by atoms with Crippen LogP contribution >= 0.6 is 11.6 Å². The lowest BCUT2D eigenvalue weighted by Gasteiger charge is -2.32. The van der Waals surface area contributed by atoms with Crippen molar-refractivity contribution in [3.05, 3.63) is 40.8 Å². The van der Waals surface area contributed by atoms with Gasteiger partial charge in [-0.1, -0.05) is 16.8 Å². The van der Waals surface area contributed by atoms with Gasteiger partial charge in [0.05, 0.1) is 11.0 Å². The Labute approximate surface area is 162 Å². The summed E-state index contributed by atoms with van der Waals surface area (Å²) in [6.45, 7) is 3.35. The van der Waals surface area contributed by atoms with Crippen molar-refractivity contribution in [2.24, 2.45) is 5.92 Å². The normalized spacial score (nSPS) is 17.6. The van der Waals surface area contributed by atoms with Crippen molar-refractivity contribution in [2.75, 3.05) is 13.1 Å². The van der Waals surface area contributed by atoms with Crippen LogP contribution in [0.5, 0.6) is 0 Å². The molecule has 3 heterocycles. The minimum absolute atomic E-state index is 0.145. The number of hydrogen-bond acceptors (Lipinski definition) is 5. The van der Waals surface area contributed by atoms with E-state index in [9.17, 15) is 4.79 Å². The average molecular weight is 388 g/mol. The number of nitrogens with one attached hydrogen (secondary N) is 1. The van der Waals surface area contributed by atoms with Crippen molar-refractivity contribution >= 4 is 28.5 Å². The van der Waals surface area contributed by atoms with Gasteiger partial charge in [0.15, 0.2) is 5.82 Å². The second kappa shape index (κ2) is 7.68. The molecule has 27 heavy (non-hydrogen) atoms. The van der Waals surface area contributed by atoms with Crippen LogP contribution in [0, 0.1) is 12.8 Å². The third kappa shape index (κ3) is 4.30. The van der Waals surface area contributed by atoms with E-state index in [2.05, 4.69) is 20.1 Å². The highest BCUT2D eigenvalue weighted by Crippen LogP contribution is 2.23. The molecule has 0 aliphatic carbocycles. The molecule has 8 heteroatoms. The minimum Gasteiger partial charge on any atom is -0.342 e. The summed E-state index contributed by atoms with van der Waals surface area (Å²) in [6.07, 6.45) is 3.84. The Balaban J connectivity index is 1.34. The maximum absolute atomic E-state index is 12.6. The predicted molar refractivity (Wildman–Crippen MR) is 101 cm³/mol. The number of likely N-dealkylation sites (tertiary alicyclic amines) is 1. The van der Waals surface area contributed by atoms with Gasteiger partial charge in [-0.3, -0.25) is 4.79 Å². The molecule has 1 amide bonds. The van der Waals surface area contributed by atoms with Crippen LogP contribution < -0.4 is 0 Å². The molecule has 2 aromatic heterocycles. The molecule has 1 aromatic carbocycles. The van der Waals surface area contributed by atoms with Crippen molar-refractivity contribution in [3.8, 4) is 0 Å². The lowest BCUT2D eigenvalue weighted by atomic mass is 9.94. The van der Waals surface area contributed by atoms with Gasteiger partial charge in [-0.05, 0) is 43.9 Å². The average Bonchev–Trinajstić information content (AvgIpc) is 3.24. The van der Waals surface area contributed by atoms with Gasteiger partial charge >= 0.3 is 0 Å². The molecular weight excluding hydrogens is 366 g/mol. The Kier molecular flexibility index (Phi) is 5.11. The van der Waals surface area contributed by atoms with Gasteiger partial charge in [0, 0.05) is 37.4 Å². The smallest absolute Gasteiger partial charge is 0.227 e. The summed E-state index contributed by atoms with van der Waals surface area (Å²) >= 11 is 6.04. The molecule has 1 aliphatic rings. The highest BCUT2D eigenvalue weighted by molar-refractivity contribution is 6.31. The van der Waals surface area contributed by atoms with E-state index in [1.807, 2.05) is 23.1 Å². The zero-order valence-corrected chi connectivity index (χ0v) is 16.0. The van der Waals surface area contributed by atoms with Crippen LogP contribution in [0.4, 0.5) is 0 Å². The number of rotatable bonds is 5. The number of H-pyrrole nitrogens is 1. The third-order valence-corrected chi connectivity index (χ3v) is 5.20. The second-order valence-corrected chi connectivity index (χ2v) is 7.57. The van der Waals surface area contributed by atoms with Crippen LogP contribution in [0.1, 0.15) is 36.8 Å². The van der Waals surface area contributed by atoms with Crippen LogP contribution in [0.25, 0.3) is 11.0 Å². The van der Waals surface area contributed by atoms with E-state index in [4.69, 9.17) is 16.1 Å². The van der Waals surface area contributed by atoms with Crippen LogP contribution in [0.3, 0.4) is 0 Å². The number of carbonyl (C=O) groups is 1. The largest absolute Gasteiger partial charge is 0.342 e. The summed E-state index contributed by atoms with van der Waals surface area (Å²) in [6, 6.07) is 5.66. The number of imidazole rings is 1. The lowest BCUT2D eigenvalue weighted by Crippen LogP contribution is -2.40. The van der Waals surface area contributed by atoms with Crippen LogP contribution in [0.15, 0.2) is 22.7 Å². The summed E-state index contributed by atoms with van der Waals surface area (Å²) in [5, 5.41) is 4.46. The van der Waals surface area contributed by atoms with E-state index in [0.29, 0.717) is 35.5 Å². The van der Waals surface area contributed by atoms with Crippen LogP contribution in [-0.4, -0.2) is 44.0 Å². The van der Waals surface area contributed by atoms with Crippen molar-refractivity contribution in [2.45, 2.75) is 39.0 Å². The first-order chi connectivity index (χ1) is 13.1. The molecule has 1 atom stereocenters. The molecule has 1 aliphatic heterocycles. The van der Waals surface area contributed by atoms with Gasteiger partial charge < -0.3 is 14.4 Å². The van der Waals surface area contributed by atoms with Crippen LogP contribution in [-0.2, 0) is 17.6 Å². The van der Waals surface area contributed by atoms with Gasteiger partial charge in [-0.2, -0.15) is 4.98 Å². The first kappa shape index (κ1) is 18.0. The molecule has 3 aromatic rings. The number of aromatic amines is 1. The van der Waals surface area contributed by atoms with Crippen molar-refractivity contribution in [1.29, 1.82) is 0 Å². The summed E-state index contributed by atoms with van der Waals surface area (Å²) in [4.78, 5) is 26.7. The fraction of sp³-hybridized carbons (Fsp3) is 0.474. The van der Waals surface area contributed by atoms with E-state index >= 15 is 0 Å². The Bertz CT molecular complexity index is 951. The minimum atomic E-state index is 0.145.